The highest BCUT2D eigenvalue weighted by Crippen LogP contribution is 2.20. The molecule has 0 aliphatic heterocycles. The summed E-state index contributed by atoms with van der Waals surface area (Å²) >= 11 is 3.11. The molecule has 0 bridgehead atoms. The van der Waals surface area contributed by atoms with Gasteiger partial charge in [-0.1, -0.05) is 19.9 Å². The topological polar surface area (TPSA) is 39.1 Å². The van der Waals surface area contributed by atoms with E-state index in [0.29, 0.717) is 16.6 Å². The lowest BCUT2D eigenvalue weighted by atomic mass is 10.1. The molecule has 0 aliphatic rings. The van der Waals surface area contributed by atoms with Crippen LogP contribution >= 0.6 is 15.9 Å². The average molecular weight is 328 g/mol. The predicted octanol–water partition coefficient (Wildman–Crippen LogP) is 3.08. The van der Waals surface area contributed by atoms with Gasteiger partial charge in [0.2, 0.25) is 0 Å². The lowest BCUT2D eigenvalue weighted by Gasteiger charge is -2.19. The molecule has 1 unspecified atom stereocenters. The summed E-state index contributed by atoms with van der Waals surface area (Å²) in [5.41, 5.74) is 0.655. The molecule has 1 atom stereocenters. The maximum atomic E-state index is 13.4. The van der Waals surface area contributed by atoms with Gasteiger partial charge in [0, 0.05) is 13.1 Å². The largest absolute Gasteiger partial charge is 0.303 e. The maximum absolute atomic E-state index is 13.4. The Kier molecular flexibility index (Phi) is 7.00. The number of benzene rings is 1. The highest BCUT2D eigenvalue weighted by atomic mass is 79.9. The molecule has 0 spiro atoms. The van der Waals surface area contributed by atoms with E-state index in [9.17, 15) is 4.39 Å². The predicted molar refractivity (Wildman–Crippen MR) is 78.2 cm³/mol. The van der Waals surface area contributed by atoms with Crippen LogP contribution < -0.4 is 5.32 Å². The van der Waals surface area contributed by atoms with E-state index in [0.717, 1.165) is 19.6 Å². The second-order valence-corrected chi connectivity index (χ2v) is 5.07. The van der Waals surface area contributed by atoms with Gasteiger partial charge < -0.3 is 4.90 Å². The van der Waals surface area contributed by atoms with Crippen molar-refractivity contribution >= 4 is 15.9 Å². The number of rotatable bonds is 7. The van der Waals surface area contributed by atoms with Crippen LogP contribution in [0.5, 0.6) is 0 Å². The number of likely N-dealkylation sites (N-methyl/N-ethyl adjacent to an activating group) is 1. The highest BCUT2D eigenvalue weighted by Gasteiger charge is 2.12. The SMILES string of the molecule is CCN(CC)CCNC(C#N)c1ccc(Br)c(F)c1. The molecule has 1 rings (SSSR count). The summed E-state index contributed by atoms with van der Waals surface area (Å²) in [7, 11) is 0. The van der Waals surface area contributed by atoms with Crippen molar-refractivity contribution in [3.05, 3.63) is 34.1 Å². The van der Waals surface area contributed by atoms with E-state index in [1.54, 1.807) is 12.1 Å². The molecule has 104 valence electrons. The van der Waals surface area contributed by atoms with Gasteiger partial charge in [-0.05, 0) is 46.7 Å². The summed E-state index contributed by atoms with van der Waals surface area (Å²) in [5.74, 6) is -0.344. The average Bonchev–Trinajstić information content (AvgIpc) is 2.42. The number of halogens is 2. The van der Waals surface area contributed by atoms with Crippen LogP contribution in [-0.4, -0.2) is 31.1 Å². The first kappa shape index (κ1) is 16.1. The fraction of sp³-hybridized carbons (Fsp3) is 0.500. The Morgan fingerprint density at radius 2 is 2.11 bits per heavy atom. The first-order valence-corrected chi connectivity index (χ1v) is 7.22. The van der Waals surface area contributed by atoms with Crippen molar-refractivity contribution in [2.75, 3.05) is 26.2 Å². The first-order valence-electron chi connectivity index (χ1n) is 6.42. The van der Waals surface area contributed by atoms with Crippen molar-refractivity contribution in [2.24, 2.45) is 0 Å². The van der Waals surface area contributed by atoms with Crippen molar-refractivity contribution in [1.29, 1.82) is 5.26 Å². The Bertz CT molecular complexity index is 441. The molecule has 0 saturated heterocycles. The number of hydrogen-bond acceptors (Lipinski definition) is 3. The lowest BCUT2D eigenvalue weighted by Crippen LogP contribution is -2.33. The molecule has 0 aliphatic carbocycles. The van der Waals surface area contributed by atoms with E-state index in [4.69, 9.17) is 5.26 Å². The first-order chi connectivity index (χ1) is 9.12. The van der Waals surface area contributed by atoms with Gasteiger partial charge in [-0.3, -0.25) is 5.32 Å². The number of nitrogens with zero attached hydrogens (tertiary/aromatic N) is 2. The maximum Gasteiger partial charge on any atom is 0.137 e. The van der Waals surface area contributed by atoms with E-state index >= 15 is 0 Å². The lowest BCUT2D eigenvalue weighted by molar-refractivity contribution is 0.300. The van der Waals surface area contributed by atoms with Gasteiger partial charge in [-0.25, -0.2) is 4.39 Å². The summed E-state index contributed by atoms with van der Waals surface area (Å²) < 4.78 is 13.9. The van der Waals surface area contributed by atoms with Gasteiger partial charge in [0.1, 0.15) is 11.9 Å². The summed E-state index contributed by atoms with van der Waals surface area (Å²) in [6.07, 6.45) is 0. The molecule has 0 heterocycles. The van der Waals surface area contributed by atoms with Crippen LogP contribution in [0, 0.1) is 17.1 Å². The van der Waals surface area contributed by atoms with E-state index < -0.39 is 6.04 Å². The van der Waals surface area contributed by atoms with Gasteiger partial charge in [0.25, 0.3) is 0 Å². The molecule has 0 saturated carbocycles. The molecule has 19 heavy (non-hydrogen) atoms. The molecule has 1 aromatic rings. The van der Waals surface area contributed by atoms with E-state index in [1.807, 2.05) is 0 Å². The second-order valence-electron chi connectivity index (χ2n) is 4.22. The van der Waals surface area contributed by atoms with Gasteiger partial charge in [-0.15, -0.1) is 0 Å². The third-order valence-electron chi connectivity index (χ3n) is 3.08. The van der Waals surface area contributed by atoms with Gasteiger partial charge in [0.15, 0.2) is 0 Å². The van der Waals surface area contributed by atoms with Gasteiger partial charge in [-0.2, -0.15) is 5.26 Å². The molecule has 1 N–H and O–H groups in total. The molecule has 3 nitrogen and oxygen atoms in total. The monoisotopic (exact) mass is 327 g/mol. The van der Waals surface area contributed by atoms with Crippen molar-refractivity contribution in [3.63, 3.8) is 0 Å². The molecular weight excluding hydrogens is 309 g/mol. The zero-order valence-corrected chi connectivity index (χ0v) is 12.9. The molecule has 1 aromatic carbocycles. The van der Waals surface area contributed by atoms with Crippen molar-refractivity contribution in [2.45, 2.75) is 19.9 Å². The quantitative estimate of drug-likeness (QED) is 0.836. The third kappa shape index (κ3) is 4.90. The number of nitrogens with one attached hydrogen (secondary N) is 1. The molecular formula is C14H19BrFN3. The van der Waals surface area contributed by atoms with Crippen LogP contribution in [-0.2, 0) is 0 Å². The summed E-state index contributed by atoms with van der Waals surface area (Å²) in [4.78, 5) is 2.27. The van der Waals surface area contributed by atoms with E-state index in [2.05, 4.69) is 46.1 Å². The van der Waals surface area contributed by atoms with Crippen LogP contribution in [0.15, 0.2) is 22.7 Å². The Balaban J connectivity index is 2.59. The van der Waals surface area contributed by atoms with Crippen molar-refractivity contribution in [1.82, 2.24) is 10.2 Å². The van der Waals surface area contributed by atoms with E-state index in [1.165, 1.54) is 6.07 Å². The normalized spacial score (nSPS) is 12.4. The Morgan fingerprint density at radius 1 is 1.42 bits per heavy atom. The molecule has 0 fully saturated rings. The molecule has 0 amide bonds. The minimum atomic E-state index is -0.474. The van der Waals surface area contributed by atoms with Gasteiger partial charge >= 0.3 is 0 Å². The molecule has 0 aromatic heterocycles. The van der Waals surface area contributed by atoms with Crippen LogP contribution in [0.4, 0.5) is 4.39 Å². The Hall–Kier alpha value is -0.960. The minimum Gasteiger partial charge on any atom is -0.303 e. The van der Waals surface area contributed by atoms with Crippen LogP contribution in [0.3, 0.4) is 0 Å². The van der Waals surface area contributed by atoms with E-state index in [-0.39, 0.29) is 5.82 Å². The summed E-state index contributed by atoms with van der Waals surface area (Å²) in [6, 6.07) is 6.46. The fourth-order valence-corrected chi connectivity index (χ4v) is 2.08. The minimum absolute atomic E-state index is 0.344. The summed E-state index contributed by atoms with van der Waals surface area (Å²) in [6.45, 7) is 7.77. The van der Waals surface area contributed by atoms with Crippen LogP contribution in [0.1, 0.15) is 25.5 Å². The Labute approximate surface area is 122 Å². The van der Waals surface area contributed by atoms with Crippen molar-refractivity contribution in [3.8, 4) is 6.07 Å². The third-order valence-corrected chi connectivity index (χ3v) is 3.72. The van der Waals surface area contributed by atoms with Crippen LogP contribution in [0.25, 0.3) is 0 Å². The Morgan fingerprint density at radius 3 is 2.63 bits per heavy atom. The fourth-order valence-electron chi connectivity index (χ4n) is 1.84. The highest BCUT2D eigenvalue weighted by molar-refractivity contribution is 9.10. The number of nitriles is 1. The molecule has 0 radical (unpaired) electrons. The standard InChI is InChI=1S/C14H19BrFN3/c1-3-19(4-2)8-7-18-14(10-17)11-5-6-12(15)13(16)9-11/h5-6,9,14,18H,3-4,7-8H2,1-2H3. The zero-order chi connectivity index (χ0) is 14.3. The van der Waals surface area contributed by atoms with Gasteiger partial charge in [0.05, 0.1) is 10.5 Å². The second kappa shape index (κ2) is 8.26. The van der Waals surface area contributed by atoms with Crippen LogP contribution in [0.2, 0.25) is 0 Å². The van der Waals surface area contributed by atoms with Crippen molar-refractivity contribution < 1.29 is 4.39 Å². The molecule has 5 heteroatoms. The summed E-state index contributed by atoms with van der Waals surface area (Å²) in [5, 5.41) is 12.3. The smallest absolute Gasteiger partial charge is 0.137 e. The number of hydrogen-bond donors (Lipinski definition) is 1. The zero-order valence-electron chi connectivity index (χ0n) is 11.3.